The van der Waals surface area contributed by atoms with Gasteiger partial charge in [-0.25, -0.2) is 4.98 Å². The van der Waals surface area contributed by atoms with Crippen LogP contribution in [0.2, 0.25) is 0 Å². The van der Waals surface area contributed by atoms with Gasteiger partial charge in [-0.15, -0.1) is 0 Å². The second kappa shape index (κ2) is 4.45. The summed E-state index contributed by atoms with van der Waals surface area (Å²) in [5.74, 6) is 1.00. The number of aromatic nitrogens is 2. The molecule has 0 aromatic carbocycles. The van der Waals surface area contributed by atoms with Crippen molar-refractivity contribution in [3.63, 3.8) is 0 Å². The van der Waals surface area contributed by atoms with Crippen molar-refractivity contribution in [3.8, 4) is 0 Å². The number of hydrogen-bond acceptors (Lipinski definition) is 2. The van der Waals surface area contributed by atoms with Crippen LogP contribution in [0.25, 0.3) is 0 Å². The molecule has 2 N–H and O–H groups in total. The normalized spacial score (nSPS) is 18.7. The van der Waals surface area contributed by atoms with Crippen LogP contribution in [-0.4, -0.2) is 9.55 Å². The molecule has 0 aliphatic heterocycles. The Hall–Kier alpha value is -0.350. The van der Waals surface area contributed by atoms with Crippen LogP contribution in [0, 0.1) is 0 Å². The Morgan fingerprint density at radius 1 is 1.43 bits per heavy atom. The van der Waals surface area contributed by atoms with Crippen molar-refractivity contribution >= 4 is 15.9 Å². The number of nitrogens with zero attached hydrogens (tertiary/aromatic N) is 2. The van der Waals surface area contributed by atoms with Crippen molar-refractivity contribution < 1.29 is 0 Å². The Bertz CT molecular complexity index is 302. The molecule has 1 aliphatic rings. The van der Waals surface area contributed by atoms with Gasteiger partial charge >= 0.3 is 0 Å². The maximum Gasteiger partial charge on any atom is 0.123 e. The average molecular weight is 258 g/mol. The molecule has 1 aromatic rings. The highest BCUT2D eigenvalue weighted by Gasteiger charge is 2.19. The number of rotatable bonds is 2. The molecule has 1 fully saturated rings. The van der Waals surface area contributed by atoms with Crippen molar-refractivity contribution in [2.75, 3.05) is 0 Å². The highest BCUT2D eigenvalue weighted by atomic mass is 79.9. The zero-order chi connectivity index (χ0) is 9.97. The third kappa shape index (κ3) is 1.86. The van der Waals surface area contributed by atoms with Gasteiger partial charge in [0.25, 0.3) is 0 Å². The minimum atomic E-state index is 0.530. The Balaban J connectivity index is 2.23. The number of imidazole rings is 1. The zero-order valence-corrected chi connectivity index (χ0v) is 9.83. The van der Waals surface area contributed by atoms with E-state index >= 15 is 0 Å². The molecule has 1 saturated carbocycles. The molecular formula is C10H16BrN3. The summed E-state index contributed by atoms with van der Waals surface area (Å²) >= 11 is 3.54. The van der Waals surface area contributed by atoms with E-state index in [1.54, 1.807) is 0 Å². The quantitative estimate of drug-likeness (QED) is 0.886. The lowest BCUT2D eigenvalue weighted by Crippen LogP contribution is -2.17. The highest BCUT2D eigenvalue weighted by molar-refractivity contribution is 9.10. The predicted octanol–water partition coefficient (Wildman–Crippen LogP) is 2.61. The second-order valence-corrected chi connectivity index (χ2v) is 4.68. The number of hydrogen-bond donors (Lipinski definition) is 1. The van der Waals surface area contributed by atoms with Crippen LogP contribution in [0.15, 0.2) is 10.8 Å². The minimum Gasteiger partial charge on any atom is -0.324 e. The van der Waals surface area contributed by atoms with Gasteiger partial charge in [-0.2, -0.15) is 0 Å². The summed E-state index contributed by atoms with van der Waals surface area (Å²) in [4.78, 5) is 4.30. The summed E-state index contributed by atoms with van der Waals surface area (Å²) in [5, 5.41) is 0. The first kappa shape index (κ1) is 10.2. The Morgan fingerprint density at radius 2 is 2.14 bits per heavy atom. The molecule has 0 bridgehead atoms. The van der Waals surface area contributed by atoms with Crippen LogP contribution in [0.1, 0.15) is 44.0 Å². The van der Waals surface area contributed by atoms with Gasteiger partial charge in [-0.3, -0.25) is 0 Å². The molecule has 0 spiro atoms. The Labute approximate surface area is 92.8 Å². The van der Waals surface area contributed by atoms with E-state index in [0.29, 0.717) is 12.6 Å². The van der Waals surface area contributed by atoms with Crippen molar-refractivity contribution in [2.45, 2.75) is 44.7 Å². The summed E-state index contributed by atoms with van der Waals surface area (Å²) < 4.78 is 3.34. The van der Waals surface area contributed by atoms with Crippen molar-refractivity contribution in [1.29, 1.82) is 0 Å². The van der Waals surface area contributed by atoms with Crippen LogP contribution in [0.5, 0.6) is 0 Å². The fourth-order valence-electron chi connectivity index (χ4n) is 2.25. The fourth-order valence-corrected chi connectivity index (χ4v) is 2.85. The van der Waals surface area contributed by atoms with Gasteiger partial charge < -0.3 is 10.3 Å². The molecule has 2 rings (SSSR count). The first-order chi connectivity index (χ1) is 6.83. The van der Waals surface area contributed by atoms with E-state index in [-0.39, 0.29) is 0 Å². The van der Waals surface area contributed by atoms with Crippen molar-refractivity contribution in [3.05, 3.63) is 16.6 Å². The third-order valence-corrected chi connectivity index (χ3v) is 3.54. The SMILES string of the molecule is NCc1ncc(Br)n1C1CCCCC1. The van der Waals surface area contributed by atoms with Gasteiger partial charge in [0.1, 0.15) is 10.4 Å². The van der Waals surface area contributed by atoms with E-state index in [1.165, 1.54) is 32.1 Å². The molecule has 1 heterocycles. The lowest BCUT2D eigenvalue weighted by atomic mass is 9.95. The summed E-state index contributed by atoms with van der Waals surface area (Å²) in [6.07, 6.45) is 8.43. The number of nitrogens with two attached hydrogens (primary N) is 1. The van der Waals surface area contributed by atoms with Gasteiger partial charge in [0.15, 0.2) is 0 Å². The summed E-state index contributed by atoms with van der Waals surface area (Å²) in [7, 11) is 0. The van der Waals surface area contributed by atoms with E-state index in [9.17, 15) is 0 Å². The largest absolute Gasteiger partial charge is 0.324 e. The Morgan fingerprint density at radius 3 is 2.79 bits per heavy atom. The zero-order valence-electron chi connectivity index (χ0n) is 8.25. The molecule has 0 atom stereocenters. The second-order valence-electron chi connectivity index (χ2n) is 3.86. The molecule has 14 heavy (non-hydrogen) atoms. The molecule has 0 saturated heterocycles. The molecule has 0 unspecified atom stereocenters. The Kier molecular flexibility index (Phi) is 3.23. The first-order valence-corrected chi connectivity index (χ1v) is 6.04. The van der Waals surface area contributed by atoms with Gasteiger partial charge in [0.2, 0.25) is 0 Å². The minimum absolute atomic E-state index is 0.530. The van der Waals surface area contributed by atoms with Gasteiger partial charge in [-0.1, -0.05) is 19.3 Å². The molecule has 78 valence electrons. The van der Waals surface area contributed by atoms with Crippen LogP contribution in [-0.2, 0) is 6.54 Å². The van der Waals surface area contributed by atoms with Gasteiger partial charge in [-0.05, 0) is 28.8 Å². The number of halogens is 1. The summed E-state index contributed by atoms with van der Waals surface area (Å²) in [6, 6.07) is 0.610. The van der Waals surface area contributed by atoms with E-state index in [1.807, 2.05) is 6.20 Å². The van der Waals surface area contributed by atoms with Gasteiger partial charge in [0.05, 0.1) is 12.7 Å². The summed E-state index contributed by atoms with van der Waals surface area (Å²) in [5.41, 5.74) is 5.67. The topological polar surface area (TPSA) is 43.8 Å². The van der Waals surface area contributed by atoms with Gasteiger partial charge in [0, 0.05) is 6.04 Å². The van der Waals surface area contributed by atoms with Crippen LogP contribution < -0.4 is 5.73 Å². The van der Waals surface area contributed by atoms with Crippen LogP contribution in [0.4, 0.5) is 0 Å². The lowest BCUT2D eigenvalue weighted by molar-refractivity contribution is 0.342. The standard InChI is InChI=1S/C10H16BrN3/c11-9-7-13-10(6-12)14(9)8-4-2-1-3-5-8/h7-8H,1-6,12H2. The maximum absolute atomic E-state index is 5.67. The van der Waals surface area contributed by atoms with Crippen LogP contribution in [0.3, 0.4) is 0 Å². The van der Waals surface area contributed by atoms with Crippen molar-refractivity contribution in [2.24, 2.45) is 5.73 Å². The predicted molar refractivity (Wildman–Crippen MR) is 59.9 cm³/mol. The van der Waals surface area contributed by atoms with Crippen LogP contribution >= 0.6 is 15.9 Å². The molecule has 3 nitrogen and oxygen atoms in total. The smallest absolute Gasteiger partial charge is 0.123 e. The summed E-state index contributed by atoms with van der Waals surface area (Å²) in [6.45, 7) is 0.530. The lowest BCUT2D eigenvalue weighted by Gasteiger charge is -2.25. The molecule has 4 heteroatoms. The van der Waals surface area contributed by atoms with E-state index < -0.39 is 0 Å². The molecular weight excluding hydrogens is 242 g/mol. The van der Waals surface area contributed by atoms with E-state index in [0.717, 1.165) is 10.4 Å². The molecule has 1 aliphatic carbocycles. The molecule has 1 aromatic heterocycles. The third-order valence-electron chi connectivity index (χ3n) is 2.95. The van der Waals surface area contributed by atoms with E-state index in [4.69, 9.17) is 5.73 Å². The maximum atomic E-state index is 5.67. The van der Waals surface area contributed by atoms with E-state index in [2.05, 4.69) is 25.5 Å². The fraction of sp³-hybridized carbons (Fsp3) is 0.700. The monoisotopic (exact) mass is 257 g/mol. The van der Waals surface area contributed by atoms with Crippen molar-refractivity contribution in [1.82, 2.24) is 9.55 Å². The molecule has 0 amide bonds. The molecule has 0 radical (unpaired) electrons. The highest BCUT2D eigenvalue weighted by Crippen LogP contribution is 2.31. The first-order valence-electron chi connectivity index (χ1n) is 5.24. The average Bonchev–Trinajstić information content (AvgIpc) is 2.61.